The Balaban J connectivity index is 2.08. The topological polar surface area (TPSA) is 42.2 Å². The monoisotopic (exact) mass is 323 g/mol. The van der Waals surface area contributed by atoms with Crippen molar-refractivity contribution in [2.24, 2.45) is 0 Å². The van der Waals surface area contributed by atoms with Gasteiger partial charge in [0.1, 0.15) is 5.82 Å². The molecule has 0 saturated carbocycles. The fourth-order valence-electron chi connectivity index (χ4n) is 1.85. The smallest absolute Gasteiger partial charge is 0.139 e. The first kappa shape index (κ1) is 13.8. The third-order valence-corrected chi connectivity index (χ3v) is 3.57. The van der Waals surface area contributed by atoms with Crippen molar-refractivity contribution >= 4 is 27.3 Å². The van der Waals surface area contributed by atoms with Crippen LogP contribution in [0, 0.1) is 5.82 Å². The molecule has 2 N–H and O–H groups in total. The van der Waals surface area contributed by atoms with E-state index in [4.69, 9.17) is 5.73 Å². The summed E-state index contributed by atoms with van der Waals surface area (Å²) in [5, 5.41) is 0. The number of pyridine rings is 1. The Morgan fingerprint density at radius 1 is 1.32 bits per heavy atom. The van der Waals surface area contributed by atoms with E-state index in [2.05, 4.69) is 20.9 Å². The van der Waals surface area contributed by atoms with Crippen molar-refractivity contribution in [2.75, 3.05) is 24.2 Å². The predicted octanol–water partition coefficient (Wildman–Crippen LogP) is 3.24. The van der Waals surface area contributed by atoms with Gasteiger partial charge in [-0.25, -0.2) is 4.39 Å². The van der Waals surface area contributed by atoms with Gasteiger partial charge in [0.15, 0.2) is 0 Å². The van der Waals surface area contributed by atoms with E-state index in [1.165, 1.54) is 11.6 Å². The number of halogens is 2. The highest BCUT2D eigenvalue weighted by molar-refractivity contribution is 9.10. The van der Waals surface area contributed by atoms with Crippen LogP contribution >= 0.6 is 15.9 Å². The summed E-state index contributed by atoms with van der Waals surface area (Å²) in [6, 6.07) is 7.01. The van der Waals surface area contributed by atoms with Crippen LogP contribution in [0.3, 0.4) is 0 Å². The minimum absolute atomic E-state index is 0.344. The van der Waals surface area contributed by atoms with Crippen molar-refractivity contribution in [2.45, 2.75) is 6.42 Å². The molecule has 100 valence electrons. The Hall–Kier alpha value is -1.62. The second kappa shape index (κ2) is 6.02. The van der Waals surface area contributed by atoms with E-state index in [0.717, 1.165) is 18.7 Å². The number of likely N-dealkylation sites (N-methyl/N-ethyl adjacent to an activating group) is 1. The van der Waals surface area contributed by atoms with E-state index in [9.17, 15) is 4.39 Å². The first-order valence-corrected chi connectivity index (χ1v) is 6.72. The summed E-state index contributed by atoms with van der Waals surface area (Å²) in [5.74, 6) is -0.344. The van der Waals surface area contributed by atoms with Crippen LogP contribution in [0.4, 0.5) is 15.8 Å². The van der Waals surface area contributed by atoms with Crippen LogP contribution in [0.5, 0.6) is 0 Å². The number of benzene rings is 1. The van der Waals surface area contributed by atoms with Crippen molar-refractivity contribution in [3.63, 3.8) is 0 Å². The number of hydrogen-bond donors (Lipinski definition) is 1. The van der Waals surface area contributed by atoms with Gasteiger partial charge in [-0.1, -0.05) is 0 Å². The Morgan fingerprint density at radius 3 is 2.68 bits per heavy atom. The Kier molecular flexibility index (Phi) is 4.37. The summed E-state index contributed by atoms with van der Waals surface area (Å²) in [5.41, 5.74) is 8.32. The molecule has 0 atom stereocenters. The van der Waals surface area contributed by atoms with Gasteiger partial charge in [0.25, 0.3) is 0 Å². The van der Waals surface area contributed by atoms with Gasteiger partial charge < -0.3 is 10.6 Å². The van der Waals surface area contributed by atoms with Crippen molar-refractivity contribution in [1.29, 1.82) is 0 Å². The summed E-state index contributed by atoms with van der Waals surface area (Å²) in [6.07, 6.45) is 4.43. The van der Waals surface area contributed by atoms with E-state index < -0.39 is 0 Å². The van der Waals surface area contributed by atoms with Crippen molar-refractivity contribution in [3.8, 4) is 0 Å². The van der Waals surface area contributed by atoms with Crippen LogP contribution in [0.25, 0.3) is 0 Å². The minimum Gasteiger partial charge on any atom is -0.397 e. The van der Waals surface area contributed by atoms with Gasteiger partial charge in [-0.2, -0.15) is 0 Å². The molecule has 2 rings (SSSR count). The zero-order valence-electron chi connectivity index (χ0n) is 10.6. The summed E-state index contributed by atoms with van der Waals surface area (Å²) >= 11 is 3.18. The maximum Gasteiger partial charge on any atom is 0.139 e. The van der Waals surface area contributed by atoms with E-state index in [0.29, 0.717) is 10.2 Å². The molecule has 1 aromatic heterocycles. The highest BCUT2D eigenvalue weighted by atomic mass is 79.9. The van der Waals surface area contributed by atoms with E-state index in [1.54, 1.807) is 18.5 Å². The molecule has 0 amide bonds. The third kappa shape index (κ3) is 3.44. The van der Waals surface area contributed by atoms with Gasteiger partial charge in [-0.05, 0) is 46.1 Å². The van der Waals surface area contributed by atoms with E-state index in [1.807, 2.05) is 24.1 Å². The molecule has 0 aliphatic rings. The van der Waals surface area contributed by atoms with Gasteiger partial charge in [0, 0.05) is 32.1 Å². The Bertz CT molecular complexity index is 560. The van der Waals surface area contributed by atoms with Crippen LogP contribution in [0.2, 0.25) is 0 Å². The van der Waals surface area contributed by atoms with Crippen molar-refractivity contribution < 1.29 is 4.39 Å². The van der Waals surface area contributed by atoms with Gasteiger partial charge in [-0.15, -0.1) is 0 Å². The van der Waals surface area contributed by atoms with Gasteiger partial charge in [0.2, 0.25) is 0 Å². The molecule has 0 fully saturated rings. The lowest BCUT2D eigenvalue weighted by Crippen LogP contribution is -2.21. The average Bonchev–Trinajstić information content (AvgIpc) is 2.41. The molecule has 0 spiro atoms. The molecule has 0 aliphatic heterocycles. The lowest BCUT2D eigenvalue weighted by atomic mass is 10.2. The Labute approximate surface area is 120 Å². The highest BCUT2D eigenvalue weighted by Crippen LogP contribution is 2.29. The van der Waals surface area contributed by atoms with Crippen LogP contribution < -0.4 is 10.6 Å². The first-order chi connectivity index (χ1) is 9.08. The average molecular weight is 324 g/mol. The quantitative estimate of drug-likeness (QED) is 0.878. The number of hydrogen-bond acceptors (Lipinski definition) is 3. The molecule has 1 heterocycles. The maximum absolute atomic E-state index is 13.3. The molecular formula is C14H15BrFN3. The third-order valence-electron chi connectivity index (χ3n) is 2.97. The fraction of sp³-hybridized carbons (Fsp3) is 0.214. The fourth-order valence-corrected chi connectivity index (χ4v) is 2.18. The van der Waals surface area contributed by atoms with E-state index >= 15 is 0 Å². The van der Waals surface area contributed by atoms with Crippen LogP contribution in [-0.2, 0) is 6.42 Å². The van der Waals surface area contributed by atoms with E-state index in [-0.39, 0.29) is 5.82 Å². The normalized spacial score (nSPS) is 10.5. The van der Waals surface area contributed by atoms with Gasteiger partial charge in [0.05, 0.1) is 15.8 Å². The van der Waals surface area contributed by atoms with Crippen LogP contribution in [0.1, 0.15) is 5.56 Å². The molecule has 1 aromatic carbocycles. The number of nitrogens with two attached hydrogens (primary N) is 1. The molecule has 0 unspecified atom stereocenters. The van der Waals surface area contributed by atoms with Crippen molar-refractivity contribution in [3.05, 3.63) is 52.5 Å². The number of nitrogen functional groups attached to an aromatic ring is 1. The standard InChI is InChI=1S/C14H15BrFN3/c1-19(7-4-10-2-5-18-6-3-10)14-8-11(15)12(16)9-13(14)17/h2-3,5-6,8-9H,4,7,17H2,1H3. The lowest BCUT2D eigenvalue weighted by Gasteiger charge is -2.21. The zero-order chi connectivity index (χ0) is 13.8. The molecule has 0 bridgehead atoms. The number of rotatable bonds is 4. The van der Waals surface area contributed by atoms with Gasteiger partial charge in [-0.3, -0.25) is 4.98 Å². The maximum atomic E-state index is 13.3. The van der Waals surface area contributed by atoms with Crippen LogP contribution in [0.15, 0.2) is 41.1 Å². The SMILES string of the molecule is CN(CCc1ccncc1)c1cc(Br)c(F)cc1N. The molecule has 5 heteroatoms. The van der Waals surface area contributed by atoms with Crippen LogP contribution in [-0.4, -0.2) is 18.6 Å². The molecule has 3 nitrogen and oxygen atoms in total. The zero-order valence-corrected chi connectivity index (χ0v) is 12.2. The molecular weight excluding hydrogens is 309 g/mol. The predicted molar refractivity (Wildman–Crippen MR) is 79.7 cm³/mol. The number of aromatic nitrogens is 1. The minimum atomic E-state index is -0.344. The molecule has 0 saturated heterocycles. The number of anilines is 2. The summed E-state index contributed by atoms with van der Waals surface area (Å²) in [6.45, 7) is 0.798. The second-order valence-electron chi connectivity index (χ2n) is 4.35. The second-order valence-corrected chi connectivity index (χ2v) is 5.21. The molecule has 19 heavy (non-hydrogen) atoms. The summed E-state index contributed by atoms with van der Waals surface area (Å²) in [4.78, 5) is 6.00. The molecule has 0 radical (unpaired) electrons. The van der Waals surface area contributed by atoms with Crippen molar-refractivity contribution in [1.82, 2.24) is 4.98 Å². The summed E-state index contributed by atoms with van der Waals surface area (Å²) in [7, 11) is 1.94. The van der Waals surface area contributed by atoms with Gasteiger partial charge >= 0.3 is 0 Å². The largest absolute Gasteiger partial charge is 0.397 e. The first-order valence-electron chi connectivity index (χ1n) is 5.92. The Morgan fingerprint density at radius 2 is 2.00 bits per heavy atom. The number of nitrogens with zero attached hydrogens (tertiary/aromatic N) is 2. The lowest BCUT2D eigenvalue weighted by molar-refractivity contribution is 0.621. The summed E-state index contributed by atoms with van der Waals surface area (Å²) < 4.78 is 13.7. The molecule has 0 aliphatic carbocycles. The molecule has 2 aromatic rings. The highest BCUT2D eigenvalue weighted by Gasteiger charge is 2.09.